The first-order valence-corrected chi connectivity index (χ1v) is 7.10. The fourth-order valence-electron chi connectivity index (χ4n) is 3.49. The summed E-state index contributed by atoms with van der Waals surface area (Å²) in [5.41, 5.74) is 0. The van der Waals surface area contributed by atoms with Crippen molar-refractivity contribution in [1.29, 1.82) is 0 Å². The van der Waals surface area contributed by atoms with Gasteiger partial charge in [0.2, 0.25) is 0 Å². The van der Waals surface area contributed by atoms with Crippen molar-refractivity contribution in [3.8, 4) is 0 Å². The molecule has 2 aliphatic carbocycles. The second-order valence-corrected chi connectivity index (χ2v) is 6.15. The maximum absolute atomic E-state index is 9.70. The summed E-state index contributed by atoms with van der Waals surface area (Å²) < 4.78 is 0. The third-order valence-corrected chi connectivity index (χ3v) is 4.22. The first-order valence-electron chi connectivity index (χ1n) is 7.10. The van der Waals surface area contributed by atoms with Crippen LogP contribution in [0.25, 0.3) is 0 Å². The lowest BCUT2D eigenvalue weighted by Crippen LogP contribution is -2.43. The van der Waals surface area contributed by atoms with Gasteiger partial charge in [0.05, 0.1) is 6.10 Å². The summed E-state index contributed by atoms with van der Waals surface area (Å²) in [4.78, 5) is 2.73. The molecule has 0 heterocycles. The van der Waals surface area contributed by atoms with Crippen molar-refractivity contribution in [2.24, 2.45) is 5.92 Å². The Labute approximate surface area is 100 Å². The van der Waals surface area contributed by atoms with E-state index < -0.39 is 0 Å². The minimum Gasteiger partial charge on any atom is -0.393 e. The number of aliphatic hydroxyl groups excluding tert-OH is 1. The molecule has 2 atom stereocenters. The maximum Gasteiger partial charge on any atom is 0.0555 e. The molecule has 2 unspecified atom stereocenters. The third-order valence-electron chi connectivity index (χ3n) is 4.22. The first-order chi connectivity index (χ1) is 7.66. The van der Waals surface area contributed by atoms with E-state index in [4.69, 9.17) is 0 Å². The van der Waals surface area contributed by atoms with Crippen LogP contribution in [-0.2, 0) is 0 Å². The Morgan fingerprint density at radius 3 is 2.25 bits per heavy atom. The molecule has 0 aliphatic heterocycles. The van der Waals surface area contributed by atoms with Crippen molar-refractivity contribution in [3.05, 3.63) is 0 Å². The normalized spacial score (nSPS) is 32.1. The minimum atomic E-state index is -0.0268. The fourth-order valence-corrected chi connectivity index (χ4v) is 3.49. The molecule has 0 amide bonds. The molecule has 0 spiro atoms. The van der Waals surface area contributed by atoms with Gasteiger partial charge >= 0.3 is 0 Å². The standard InChI is InChI=1S/C14H27NO/c1-11(2)10-15(12-5-3-4-6-12)13-7-8-14(16)9-13/h11-14,16H,3-10H2,1-2H3. The molecule has 16 heavy (non-hydrogen) atoms. The van der Waals surface area contributed by atoms with E-state index in [0.717, 1.165) is 24.8 Å². The van der Waals surface area contributed by atoms with E-state index in [-0.39, 0.29) is 6.10 Å². The molecule has 2 rings (SSSR count). The van der Waals surface area contributed by atoms with Gasteiger partial charge in [0.15, 0.2) is 0 Å². The van der Waals surface area contributed by atoms with E-state index >= 15 is 0 Å². The summed E-state index contributed by atoms with van der Waals surface area (Å²) in [6.45, 7) is 5.85. The molecule has 0 bridgehead atoms. The van der Waals surface area contributed by atoms with E-state index in [1.807, 2.05) is 0 Å². The molecule has 0 radical (unpaired) electrons. The van der Waals surface area contributed by atoms with Crippen LogP contribution in [0.5, 0.6) is 0 Å². The predicted octanol–water partition coefficient (Wildman–Crippen LogP) is 2.80. The average molecular weight is 225 g/mol. The topological polar surface area (TPSA) is 23.5 Å². The Bertz CT molecular complexity index is 211. The van der Waals surface area contributed by atoms with Crippen LogP contribution in [0.15, 0.2) is 0 Å². The van der Waals surface area contributed by atoms with E-state index in [9.17, 15) is 5.11 Å². The zero-order valence-corrected chi connectivity index (χ0v) is 10.9. The van der Waals surface area contributed by atoms with Crippen molar-refractivity contribution in [2.45, 2.75) is 77.0 Å². The molecule has 0 aromatic rings. The fraction of sp³-hybridized carbons (Fsp3) is 1.00. The van der Waals surface area contributed by atoms with Crippen molar-refractivity contribution in [2.75, 3.05) is 6.54 Å². The molecule has 2 saturated carbocycles. The summed E-state index contributed by atoms with van der Waals surface area (Å²) in [5, 5.41) is 9.70. The highest BCUT2D eigenvalue weighted by atomic mass is 16.3. The number of hydrogen-bond acceptors (Lipinski definition) is 2. The molecule has 0 saturated heterocycles. The van der Waals surface area contributed by atoms with Crippen LogP contribution in [0, 0.1) is 5.92 Å². The summed E-state index contributed by atoms with van der Waals surface area (Å²) in [5.74, 6) is 0.748. The zero-order valence-electron chi connectivity index (χ0n) is 10.9. The largest absolute Gasteiger partial charge is 0.393 e. The Hall–Kier alpha value is -0.0800. The van der Waals surface area contributed by atoms with Gasteiger partial charge in [-0.1, -0.05) is 26.7 Å². The van der Waals surface area contributed by atoms with Gasteiger partial charge in [0.1, 0.15) is 0 Å². The molecule has 2 heteroatoms. The van der Waals surface area contributed by atoms with Gasteiger partial charge < -0.3 is 5.11 Å². The molecule has 0 aromatic heterocycles. The van der Waals surface area contributed by atoms with Crippen molar-refractivity contribution < 1.29 is 5.11 Å². The van der Waals surface area contributed by atoms with Crippen LogP contribution in [0.4, 0.5) is 0 Å². The lowest BCUT2D eigenvalue weighted by atomic mass is 10.1. The molecule has 2 fully saturated rings. The predicted molar refractivity (Wildman–Crippen MR) is 67.4 cm³/mol. The molecule has 2 nitrogen and oxygen atoms in total. The Balaban J connectivity index is 1.95. The number of rotatable bonds is 4. The quantitative estimate of drug-likeness (QED) is 0.795. The smallest absolute Gasteiger partial charge is 0.0555 e. The van der Waals surface area contributed by atoms with Gasteiger partial charge in [-0.2, -0.15) is 0 Å². The van der Waals surface area contributed by atoms with E-state index in [2.05, 4.69) is 18.7 Å². The summed E-state index contributed by atoms with van der Waals surface area (Å²) in [7, 11) is 0. The van der Waals surface area contributed by atoms with Crippen molar-refractivity contribution in [1.82, 2.24) is 4.90 Å². The number of hydrogen-bond donors (Lipinski definition) is 1. The molecule has 1 N–H and O–H groups in total. The van der Waals surface area contributed by atoms with Gasteiger partial charge in [-0.15, -0.1) is 0 Å². The van der Waals surface area contributed by atoms with Crippen LogP contribution in [0.3, 0.4) is 0 Å². The second-order valence-electron chi connectivity index (χ2n) is 6.15. The summed E-state index contributed by atoms with van der Waals surface area (Å²) >= 11 is 0. The summed E-state index contributed by atoms with van der Waals surface area (Å²) in [6, 6.07) is 1.48. The highest BCUT2D eigenvalue weighted by molar-refractivity contribution is 4.88. The number of aliphatic hydroxyl groups is 1. The SMILES string of the molecule is CC(C)CN(C1CCCC1)C1CCC(O)C1. The van der Waals surface area contributed by atoms with E-state index in [1.54, 1.807) is 0 Å². The van der Waals surface area contributed by atoms with Crippen molar-refractivity contribution >= 4 is 0 Å². The Kier molecular flexibility index (Phi) is 4.26. The molecule has 0 aromatic carbocycles. The molecular weight excluding hydrogens is 198 g/mol. The minimum absolute atomic E-state index is 0.0268. The lowest BCUT2D eigenvalue weighted by molar-refractivity contribution is 0.104. The van der Waals surface area contributed by atoms with Crippen LogP contribution in [0.2, 0.25) is 0 Å². The number of nitrogens with zero attached hydrogens (tertiary/aromatic N) is 1. The highest BCUT2D eigenvalue weighted by Crippen LogP contribution is 2.32. The van der Waals surface area contributed by atoms with Gasteiger partial charge in [-0.3, -0.25) is 4.90 Å². The Morgan fingerprint density at radius 2 is 1.75 bits per heavy atom. The van der Waals surface area contributed by atoms with Gasteiger partial charge in [-0.05, 0) is 38.0 Å². The molecule has 2 aliphatic rings. The molecule has 94 valence electrons. The van der Waals surface area contributed by atoms with E-state index in [0.29, 0.717) is 6.04 Å². The van der Waals surface area contributed by atoms with Gasteiger partial charge in [-0.25, -0.2) is 0 Å². The monoisotopic (exact) mass is 225 g/mol. The van der Waals surface area contributed by atoms with Gasteiger partial charge in [0.25, 0.3) is 0 Å². The Morgan fingerprint density at radius 1 is 1.06 bits per heavy atom. The lowest BCUT2D eigenvalue weighted by Gasteiger charge is -2.35. The van der Waals surface area contributed by atoms with E-state index in [1.165, 1.54) is 38.6 Å². The van der Waals surface area contributed by atoms with Crippen LogP contribution in [-0.4, -0.2) is 34.7 Å². The zero-order chi connectivity index (χ0) is 11.5. The summed E-state index contributed by atoms with van der Waals surface area (Å²) in [6.07, 6.45) is 8.82. The van der Waals surface area contributed by atoms with Crippen LogP contribution < -0.4 is 0 Å². The molecular formula is C14H27NO. The van der Waals surface area contributed by atoms with Crippen molar-refractivity contribution in [3.63, 3.8) is 0 Å². The maximum atomic E-state index is 9.70. The average Bonchev–Trinajstić information content (AvgIpc) is 2.84. The first kappa shape index (κ1) is 12.4. The highest BCUT2D eigenvalue weighted by Gasteiger charge is 2.33. The van der Waals surface area contributed by atoms with Crippen LogP contribution in [0.1, 0.15) is 58.8 Å². The second kappa shape index (κ2) is 5.50. The van der Waals surface area contributed by atoms with Crippen LogP contribution >= 0.6 is 0 Å². The van der Waals surface area contributed by atoms with Gasteiger partial charge in [0, 0.05) is 18.6 Å². The third kappa shape index (κ3) is 2.98.